The Morgan fingerprint density at radius 1 is 1.05 bits per heavy atom. The monoisotopic (exact) mass is 534 g/mol. The zero-order chi connectivity index (χ0) is 27.9. The summed E-state index contributed by atoms with van der Waals surface area (Å²) in [5.74, 6) is 1.65. The second-order valence-electron chi connectivity index (χ2n) is 12.4. The van der Waals surface area contributed by atoms with Crippen molar-refractivity contribution in [2.24, 2.45) is 5.92 Å². The van der Waals surface area contributed by atoms with Gasteiger partial charge in [-0.2, -0.15) is 0 Å². The molecule has 5 heteroatoms. The molecule has 39 heavy (non-hydrogen) atoms. The van der Waals surface area contributed by atoms with E-state index >= 15 is 0 Å². The van der Waals surface area contributed by atoms with Crippen molar-refractivity contribution in [3.05, 3.63) is 65.7 Å². The van der Waals surface area contributed by atoms with Gasteiger partial charge in [-0.1, -0.05) is 62.7 Å². The number of carbonyl (C=O) groups excluding carboxylic acids is 1. The fourth-order valence-corrected chi connectivity index (χ4v) is 7.28. The van der Waals surface area contributed by atoms with Crippen molar-refractivity contribution < 1.29 is 14.3 Å². The number of likely N-dealkylation sites (N-methyl/N-ethyl adjacent to an activating group) is 1. The highest BCUT2D eigenvalue weighted by Crippen LogP contribution is 2.54. The number of hydrogen-bond acceptors (Lipinski definition) is 4. The number of ether oxygens (including phenoxy) is 2. The second kappa shape index (κ2) is 13.3. The minimum atomic E-state index is -0.271. The van der Waals surface area contributed by atoms with E-state index in [9.17, 15) is 4.79 Å². The van der Waals surface area contributed by atoms with Crippen molar-refractivity contribution in [2.75, 3.05) is 40.9 Å². The van der Waals surface area contributed by atoms with E-state index in [1.165, 1.54) is 11.1 Å². The zero-order valence-electron chi connectivity index (χ0n) is 25.0. The maximum Gasteiger partial charge on any atom is 0.222 e. The summed E-state index contributed by atoms with van der Waals surface area (Å²) in [7, 11) is 5.83. The number of benzene rings is 2. The van der Waals surface area contributed by atoms with E-state index < -0.39 is 0 Å². The predicted octanol–water partition coefficient (Wildman–Crippen LogP) is 6.49. The third-order valence-corrected chi connectivity index (χ3v) is 9.32. The number of aryl methyl sites for hydroxylation is 1. The van der Waals surface area contributed by atoms with Crippen LogP contribution in [0.3, 0.4) is 0 Å². The fourth-order valence-electron chi connectivity index (χ4n) is 7.28. The van der Waals surface area contributed by atoms with Crippen LogP contribution >= 0.6 is 0 Å². The number of methoxy groups -OCH3 is 2. The van der Waals surface area contributed by atoms with Crippen molar-refractivity contribution in [1.29, 1.82) is 0 Å². The molecule has 2 aromatic rings. The average Bonchev–Trinajstić information content (AvgIpc) is 2.95. The highest BCUT2D eigenvalue weighted by Gasteiger charge is 2.59. The van der Waals surface area contributed by atoms with Gasteiger partial charge in [-0.05, 0) is 87.7 Å². The van der Waals surface area contributed by atoms with E-state index in [-0.39, 0.29) is 17.1 Å². The highest BCUT2D eigenvalue weighted by molar-refractivity contribution is 5.76. The first-order valence-corrected chi connectivity index (χ1v) is 15.0. The molecule has 0 N–H and O–H groups in total. The first-order chi connectivity index (χ1) is 18.8. The van der Waals surface area contributed by atoms with Gasteiger partial charge in [0.1, 0.15) is 5.75 Å². The lowest BCUT2D eigenvalue weighted by Crippen LogP contribution is -2.67. The van der Waals surface area contributed by atoms with Crippen LogP contribution in [-0.2, 0) is 21.4 Å². The third-order valence-electron chi connectivity index (χ3n) is 9.32. The molecule has 2 aliphatic rings. The van der Waals surface area contributed by atoms with Gasteiger partial charge in [0.15, 0.2) is 0 Å². The lowest BCUT2D eigenvalue weighted by Gasteiger charge is -2.60. The van der Waals surface area contributed by atoms with Gasteiger partial charge in [0, 0.05) is 38.1 Å². The first-order valence-electron chi connectivity index (χ1n) is 15.0. The normalized spacial score (nSPS) is 25.3. The molecule has 3 unspecified atom stereocenters. The molecule has 1 amide bonds. The topological polar surface area (TPSA) is 42.0 Å². The maximum absolute atomic E-state index is 13.8. The van der Waals surface area contributed by atoms with Gasteiger partial charge in [0.2, 0.25) is 5.91 Å². The molecule has 3 atom stereocenters. The van der Waals surface area contributed by atoms with E-state index in [0.717, 1.165) is 76.8 Å². The number of nitrogens with zero attached hydrogens (tertiary/aromatic N) is 2. The smallest absolute Gasteiger partial charge is 0.222 e. The van der Waals surface area contributed by atoms with Gasteiger partial charge in [-0.15, -0.1) is 0 Å². The minimum absolute atomic E-state index is 0.156. The first kappa shape index (κ1) is 29.6. The van der Waals surface area contributed by atoms with Crippen LogP contribution in [0.5, 0.6) is 5.75 Å². The van der Waals surface area contributed by atoms with Crippen molar-refractivity contribution >= 4 is 5.91 Å². The van der Waals surface area contributed by atoms with Crippen LogP contribution in [0, 0.1) is 5.92 Å². The minimum Gasteiger partial charge on any atom is -0.497 e. The quantitative estimate of drug-likeness (QED) is 0.292. The van der Waals surface area contributed by atoms with Gasteiger partial charge in [0.25, 0.3) is 0 Å². The molecular formula is C34H50N2O3. The number of unbranched alkanes of at least 4 members (excludes halogenated alkanes) is 2. The van der Waals surface area contributed by atoms with Crippen LogP contribution in [0.15, 0.2) is 54.6 Å². The molecular weight excluding hydrogens is 484 g/mol. The Morgan fingerprint density at radius 2 is 1.85 bits per heavy atom. The number of amides is 1. The molecule has 2 aromatic carbocycles. The summed E-state index contributed by atoms with van der Waals surface area (Å²) in [6, 6.07) is 19.5. The Hall–Kier alpha value is -2.37. The lowest BCUT2D eigenvalue weighted by molar-refractivity contribution is -0.160. The maximum atomic E-state index is 13.8. The number of likely N-dealkylation sites (tertiary alicyclic amines) is 1. The van der Waals surface area contributed by atoms with Crippen LogP contribution < -0.4 is 4.74 Å². The Morgan fingerprint density at radius 3 is 2.56 bits per heavy atom. The summed E-state index contributed by atoms with van der Waals surface area (Å²) in [6.07, 6.45) is 8.81. The fraction of sp³-hybridized carbons (Fsp3) is 0.618. The Kier molecular flexibility index (Phi) is 10.1. The number of rotatable bonds is 12. The summed E-state index contributed by atoms with van der Waals surface area (Å²) in [5.41, 5.74) is 2.25. The lowest BCUT2D eigenvalue weighted by atomic mass is 9.55. The Labute approximate surface area is 236 Å². The molecule has 1 saturated carbocycles. The van der Waals surface area contributed by atoms with Gasteiger partial charge >= 0.3 is 0 Å². The van der Waals surface area contributed by atoms with Gasteiger partial charge in [-0.3, -0.25) is 4.79 Å². The van der Waals surface area contributed by atoms with Gasteiger partial charge in [0.05, 0.1) is 12.7 Å². The number of fused-ring (bicyclic) bond motifs is 1. The van der Waals surface area contributed by atoms with Crippen LogP contribution in [-0.4, -0.2) is 68.3 Å². The number of piperidine rings is 1. The van der Waals surface area contributed by atoms with E-state index in [1.807, 2.05) is 13.2 Å². The Bertz CT molecular complexity index is 1060. The molecule has 0 aromatic heterocycles. The summed E-state index contributed by atoms with van der Waals surface area (Å²) in [5, 5.41) is 0. The van der Waals surface area contributed by atoms with Crippen molar-refractivity contribution in [1.82, 2.24) is 9.80 Å². The summed E-state index contributed by atoms with van der Waals surface area (Å²) >= 11 is 0. The molecule has 2 fully saturated rings. The summed E-state index contributed by atoms with van der Waals surface area (Å²) in [4.78, 5) is 18.4. The van der Waals surface area contributed by atoms with Crippen LogP contribution in [0.4, 0.5) is 0 Å². The largest absolute Gasteiger partial charge is 0.497 e. The van der Waals surface area contributed by atoms with E-state index in [4.69, 9.17) is 9.47 Å². The zero-order valence-corrected chi connectivity index (χ0v) is 25.0. The molecule has 214 valence electrons. The van der Waals surface area contributed by atoms with Crippen molar-refractivity contribution in [3.8, 4) is 5.75 Å². The van der Waals surface area contributed by atoms with Gasteiger partial charge in [-0.25, -0.2) is 0 Å². The molecule has 1 heterocycles. The number of carbonyl (C=O) groups is 1. The standard InChI is InChI=1S/C34H50N2O3/c1-27(2)25-36(32(37)18-11-7-10-15-28-13-8-6-9-14-28)30-19-20-34(39-5)26-35(3)22-21-33(34,24-30)29-16-12-17-31(23-29)38-4/h6,8-9,12-14,16-17,23,27,30H,7,10-11,15,18-22,24-26H2,1-5H3. The highest BCUT2D eigenvalue weighted by atomic mass is 16.5. The Balaban J connectivity index is 1.51. The van der Waals surface area contributed by atoms with E-state index in [1.54, 1.807) is 7.11 Å². The van der Waals surface area contributed by atoms with Crippen LogP contribution in [0.2, 0.25) is 0 Å². The van der Waals surface area contributed by atoms with E-state index in [0.29, 0.717) is 18.2 Å². The molecule has 1 aliphatic heterocycles. The third kappa shape index (κ3) is 6.69. The predicted molar refractivity (Wildman–Crippen MR) is 159 cm³/mol. The van der Waals surface area contributed by atoms with Crippen molar-refractivity contribution in [2.45, 2.75) is 88.7 Å². The average molecular weight is 535 g/mol. The van der Waals surface area contributed by atoms with Crippen LogP contribution in [0.1, 0.15) is 76.3 Å². The molecule has 4 rings (SSSR count). The molecule has 5 nitrogen and oxygen atoms in total. The number of hydrogen-bond donors (Lipinski definition) is 0. The molecule has 0 spiro atoms. The SMILES string of the molecule is COc1cccc(C23CCN(C)CC2(OC)CCC(N(CC(C)C)C(=O)CCCCCc2ccccc2)C3)c1. The van der Waals surface area contributed by atoms with Gasteiger partial charge < -0.3 is 19.3 Å². The second-order valence-corrected chi connectivity index (χ2v) is 12.4. The van der Waals surface area contributed by atoms with E-state index in [2.05, 4.69) is 79.2 Å². The molecule has 1 saturated heterocycles. The van der Waals surface area contributed by atoms with Crippen LogP contribution in [0.25, 0.3) is 0 Å². The summed E-state index contributed by atoms with van der Waals surface area (Å²) in [6.45, 7) is 7.22. The summed E-state index contributed by atoms with van der Waals surface area (Å²) < 4.78 is 12.1. The molecule has 0 radical (unpaired) electrons. The molecule has 0 bridgehead atoms. The van der Waals surface area contributed by atoms with Crippen molar-refractivity contribution in [3.63, 3.8) is 0 Å². The molecule has 1 aliphatic carbocycles.